The third-order valence-electron chi connectivity index (χ3n) is 7.37. The zero-order valence-electron chi connectivity index (χ0n) is 21.7. The molecule has 1 fully saturated rings. The molecule has 7 nitrogen and oxygen atoms in total. The van der Waals surface area contributed by atoms with Crippen LogP contribution in [-0.4, -0.2) is 40.7 Å². The van der Waals surface area contributed by atoms with Crippen molar-refractivity contribution in [3.05, 3.63) is 106 Å². The molecule has 3 heterocycles. The maximum Gasteiger partial charge on any atom is 0.263 e. The van der Waals surface area contributed by atoms with Gasteiger partial charge in [-0.2, -0.15) is 0 Å². The van der Waals surface area contributed by atoms with E-state index >= 15 is 0 Å². The van der Waals surface area contributed by atoms with E-state index in [1.54, 1.807) is 24.3 Å². The van der Waals surface area contributed by atoms with Gasteiger partial charge in [-0.15, -0.1) is 11.3 Å². The molecule has 3 amide bonds. The molecule has 0 saturated carbocycles. The second-order valence-corrected chi connectivity index (χ2v) is 11.0. The lowest BCUT2D eigenvalue weighted by atomic mass is 9.95. The molecule has 2 aliphatic heterocycles. The van der Waals surface area contributed by atoms with Crippen LogP contribution >= 0.6 is 11.3 Å². The summed E-state index contributed by atoms with van der Waals surface area (Å²) in [6, 6.07) is 21.1. The third kappa shape index (κ3) is 5.12. The highest BCUT2D eigenvalue weighted by Gasteiger charge is 2.39. The molecule has 6 rings (SSSR count). The first kappa shape index (κ1) is 25.9. The van der Waals surface area contributed by atoms with Crippen LogP contribution in [0.4, 0.5) is 10.1 Å². The minimum atomic E-state index is -0.418. The minimum absolute atomic E-state index is 0.00266. The van der Waals surface area contributed by atoms with Gasteiger partial charge >= 0.3 is 0 Å². The number of hydrogen-bond acceptors (Lipinski definition) is 6. The van der Waals surface area contributed by atoms with Crippen LogP contribution in [-0.2, 0) is 17.9 Å². The van der Waals surface area contributed by atoms with Crippen LogP contribution in [0.2, 0.25) is 0 Å². The van der Waals surface area contributed by atoms with Crippen molar-refractivity contribution in [2.24, 2.45) is 5.92 Å². The summed E-state index contributed by atoms with van der Waals surface area (Å²) in [5.41, 5.74) is 3.81. The van der Waals surface area contributed by atoms with Gasteiger partial charge in [-0.1, -0.05) is 48.5 Å². The number of benzene rings is 3. The monoisotopic (exact) mass is 554 g/mol. The molecule has 40 heavy (non-hydrogen) atoms. The van der Waals surface area contributed by atoms with Gasteiger partial charge in [0.25, 0.3) is 11.8 Å². The van der Waals surface area contributed by atoms with Crippen LogP contribution in [0, 0.1) is 11.7 Å². The maximum atomic E-state index is 13.7. The fourth-order valence-electron chi connectivity index (χ4n) is 5.39. The lowest BCUT2D eigenvalue weighted by Crippen LogP contribution is -2.43. The van der Waals surface area contributed by atoms with Gasteiger partial charge < -0.3 is 10.2 Å². The van der Waals surface area contributed by atoms with E-state index in [2.05, 4.69) is 10.3 Å². The number of rotatable bonds is 7. The van der Waals surface area contributed by atoms with E-state index in [1.807, 2.05) is 46.7 Å². The molecular weight excluding hydrogens is 527 g/mol. The van der Waals surface area contributed by atoms with Crippen LogP contribution < -0.4 is 10.2 Å². The Labute approximate surface area is 235 Å². The fourth-order valence-corrected chi connectivity index (χ4v) is 6.13. The number of anilines is 1. The van der Waals surface area contributed by atoms with Gasteiger partial charge in [-0.25, -0.2) is 9.37 Å². The number of aromatic nitrogens is 1. The first-order valence-corrected chi connectivity index (χ1v) is 14.1. The Kier molecular flexibility index (Phi) is 7.13. The number of hydrogen-bond donors (Lipinski definition) is 1. The maximum absolute atomic E-state index is 13.7. The van der Waals surface area contributed by atoms with Crippen molar-refractivity contribution in [3.63, 3.8) is 0 Å². The number of carbonyl (C=O) groups is 3. The summed E-state index contributed by atoms with van der Waals surface area (Å²) in [4.78, 5) is 47.6. The summed E-state index contributed by atoms with van der Waals surface area (Å²) < 4.78 is 13.7. The highest BCUT2D eigenvalue weighted by Crippen LogP contribution is 2.35. The number of thiazole rings is 1. The molecule has 0 spiro atoms. The molecule has 3 aromatic carbocycles. The Balaban J connectivity index is 1.13. The van der Waals surface area contributed by atoms with Crippen molar-refractivity contribution >= 4 is 34.7 Å². The van der Waals surface area contributed by atoms with Crippen LogP contribution in [0.1, 0.15) is 44.1 Å². The highest BCUT2D eigenvalue weighted by atomic mass is 32.1. The molecule has 4 aromatic rings. The van der Waals surface area contributed by atoms with E-state index in [-0.39, 0.29) is 18.4 Å². The van der Waals surface area contributed by atoms with Crippen molar-refractivity contribution < 1.29 is 18.8 Å². The van der Waals surface area contributed by atoms with Gasteiger partial charge in [0.1, 0.15) is 10.8 Å². The number of imide groups is 1. The number of halogens is 1. The van der Waals surface area contributed by atoms with Crippen LogP contribution in [0.5, 0.6) is 0 Å². The zero-order valence-corrected chi connectivity index (χ0v) is 22.5. The second kappa shape index (κ2) is 11.0. The average molecular weight is 555 g/mol. The van der Waals surface area contributed by atoms with Crippen molar-refractivity contribution in [1.29, 1.82) is 0 Å². The molecule has 202 valence electrons. The van der Waals surface area contributed by atoms with E-state index in [0.29, 0.717) is 42.0 Å². The summed E-state index contributed by atoms with van der Waals surface area (Å²) in [5.74, 6) is -1.52. The van der Waals surface area contributed by atoms with Crippen LogP contribution in [0.25, 0.3) is 11.3 Å². The minimum Gasteiger partial charge on any atom is -0.370 e. The van der Waals surface area contributed by atoms with Crippen molar-refractivity contribution in [2.45, 2.75) is 25.9 Å². The molecule has 0 unspecified atom stereocenters. The van der Waals surface area contributed by atoms with E-state index < -0.39 is 17.6 Å². The summed E-state index contributed by atoms with van der Waals surface area (Å²) in [6.07, 6.45) is 1.52. The number of nitrogens with zero attached hydrogens (tertiary/aromatic N) is 3. The topological polar surface area (TPSA) is 82.6 Å². The number of fused-ring (bicyclic) bond motifs is 1. The number of piperidine rings is 1. The van der Waals surface area contributed by atoms with E-state index in [4.69, 9.17) is 0 Å². The number of amides is 3. The molecule has 1 atom stereocenters. The van der Waals surface area contributed by atoms with Crippen LogP contribution in [0.3, 0.4) is 0 Å². The summed E-state index contributed by atoms with van der Waals surface area (Å²) in [5, 5.41) is 5.86. The van der Waals surface area contributed by atoms with Gasteiger partial charge in [0.15, 0.2) is 0 Å². The molecule has 0 aliphatic carbocycles. The Bertz CT molecular complexity index is 1590. The molecule has 1 N–H and O–H groups in total. The molecule has 0 bridgehead atoms. The predicted octanol–water partition coefficient (Wildman–Crippen LogP) is 5.28. The molecule has 9 heteroatoms. The molecule has 1 saturated heterocycles. The van der Waals surface area contributed by atoms with Gasteiger partial charge in [-0.05, 0) is 42.7 Å². The molecular formula is C31H27FN4O3S. The van der Waals surface area contributed by atoms with E-state index in [9.17, 15) is 18.8 Å². The largest absolute Gasteiger partial charge is 0.370 e. The van der Waals surface area contributed by atoms with Gasteiger partial charge in [-0.3, -0.25) is 19.3 Å². The Hall–Kier alpha value is -4.37. The Morgan fingerprint density at radius 3 is 2.67 bits per heavy atom. The quantitative estimate of drug-likeness (QED) is 0.315. The Morgan fingerprint density at radius 1 is 1.02 bits per heavy atom. The molecule has 2 aliphatic rings. The first-order valence-electron chi connectivity index (χ1n) is 13.2. The first-order chi connectivity index (χ1) is 19.5. The SMILES string of the molecule is O=C(NCc1nc(-c2ccccc2)cs1)[C@H]1CCCN(c2cccc3c2C(=O)N(Cc2cccc(F)c2)C3=O)C1. The smallest absolute Gasteiger partial charge is 0.263 e. The van der Waals surface area contributed by atoms with Crippen LogP contribution in [0.15, 0.2) is 78.2 Å². The predicted molar refractivity (Wildman–Crippen MR) is 151 cm³/mol. The molecule has 0 radical (unpaired) electrons. The molecule has 1 aromatic heterocycles. The normalized spacial score (nSPS) is 16.8. The van der Waals surface area contributed by atoms with E-state index in [0.717, 1.165) is 34.0 Å². The standard InChI is InChI=1S/C31H27FN4O3S/c32-23-11-4-7-20(15-23)17-36-30(38)24-12-5-13-26(28(24)31(36)39)35-14-6-10-22(18-35)29(37)33-16-27-34-25(19-40-27)21-8-2-1-3-9-21/h1-5,7-9,11-13,15,19,22H,6,10,14,16-18H2,(H,33,37)/t22-/m0/s1. The van der Waals surface area contributed by atoms with Crippen molar-refractivity contribution in [2.75, 3.05) is 18.0 Å². The second-order valence-electron chi connectivity index (χ2n) is 10.0. The van der Waals surface area contributed by atoms with Crippen molar-refractivity contribution in [1.82, 2.24) is 15.2 Å². The van der Waals surface area contributed by atoms with Crippen molar-refractivity contribution in [3.8, 4) is 11.3 Å². The number of carbonyl (C=O) groups excluding carboxylic acids is 3. The summed E-state index contributed by atoms with van der Waals surface area (Å²) in [7, 11) is 0. The third-order valence-corrected chi connectivity index (χ3v) is 8.22. The summed E-state index contributed by atoms with van der Waals surface area (Å²) in [6.45, 7) is 1.48. The Morgan fingerprint density at radius 2 is 1.85 bits per heavy atom. The zero-order chi connectivity index (χ0) is 27.6. The van der Waals surface area contributed by atoms with Gasteiger partial charge in [0.2, 0.25) is 5.91 Å². The fraction of sp³-hybridized carbons (Fsp3) is 0.226. The summed E-state index contributed by atoms with van der Waals surface area (Å²) >= 11 is 1.51. The lowest BCUT2D eigenvalue weighted by Gasteiger charge is -2.34. The van der Waals surface area contributed by atoms with Gasteiger partial charge in [0.05, 0.1) is 41.5 Å². The average Bonchev–Trinajstić information content (AvgIpc) is 3.56. The number of nitrogens with one attached hydrogen (secondary N) is 1. The highest BCUT2D eigenvalue weighted by molar-refractivity contribution is 7.09. The van der Waals surface area contributed by atoms with Gasteiger partial charge in [0, 0.05) is 24.0 Å². The lowest BCUT2D eigenvalue weighted by molar-refractivity contribution is -0.125. The van der Waals surface area contributed by atoms with E-state index in [1.165, 1.54) is 23.5 Å².